The topological polar surface area (TPSA) is 125 Å². The van der Waals surface area contributed by atoms with Crippen molar-refractivity contribution in [2.75, 3.05) is 24.7 Å². The molecule has 3 amide bonds. The molecule has 0 aliphatic carbocycles. The van der Waals surface area contributed by atoms with Crippen LogP contribution in [0.4, 0.5) is 5.69 Å². The van der Waals surface area contributed by atoms with Gasteiger partial charge in [-0.15, -0.1) is 0 Å². The summed E-state index contributed by atoms with van der Waals surface area (Å²) in [6.07, 6.45) is 5.17. The number of aryl methyl sites for hydroxylation is 1. The van der Waals surface area contributed by atoms with Gasteiger partial charge in [0.1, 0.15) is 24.4 Å². The van der Waals surface area contributed by atoms with Gasteiger partial charge in [-0.25, -0.2) is 0 Å². The first-order valence-corrected chi connectivity index (χ1v) is 18.6. The molecule has 270 valence electrons. The van der Waals surface area contributed by atoms with Crippen molar-refractivity contribution >= 4 is 56.9 Å². The summed E-state index contributed by atoms with van der Waals surface area (Å²) in [5.74, 6) is -4.02. The zero-order valence-corrected chi connectivity index (χ0v) is 30.8. The van der Waals surface area contributed by atoms with Crippen molar-refractivity contribution in [3.05, 3.63) is 123 Å². The maximum atomic E-state index is 15.4. The number of nitrogens with zero attached hydrogens (tertiary/aromatic N) is 2. The van der Waals surface area contributed by atoms with E-state index in [4.69, 9.17) is 21.1 Å². The van der Waals surface area contributed by atoms with Gasteiger partial charge in [0.25, 0.3) is 5.91 Å². The number of fused-ring (bicyclic) bond motifs is 2. The smallest absolute Gasteiger partial charge is 0.306 e. The number of cyclic esters (lactones) is 1. The number of likely N-dealkylation sites (tertiary alicyclic amines) is 1. The highest BCUT2D eigenvalue weighted by Gasteiger charge is 2.75. The van der Waals surface area contributed by atoms with Crippen LogP contribution >= 0.6 is 27.5 Å². The van der Waals surface area contributed by atoms with Gasteiger partial charge in [-0.05, 0) is 48.6 Å². The number of aliphatic hydroxyl groups excluding tert-OH is 1. The number of hydrogen-bond acceptors (Lipinski definition) is 7. The average molecular weight is 789 g/mol. The Morgan fingerprint density at radius 3 is 2.42 bits per heavy atom. The summed E-state index contributed by atoms with van der Waals surface area (Å²) in [6.45, 7) is 1.35. The molecule has 3 aromatic carbocycles. The Morgan fingerprint density at radius 1 is 0.981 bits per heavy atom. The van der Waals surface area contributed by atoms with E-state index in [0.717, 1.165) is 16.7 Å². The number of hydrogen-bond donors (Lipinski definition) is 2. The van der Waals surface area contributed by atoms with E-state index in [2.05, 4.69) is 21.2 Å². The maximum absolute atomic E-state index is 15.4. The van der Waals surface area contributed by atoms with Crippen LogP contribution in [0.5, 0.6) is 0 Å². The predicted molar refractivity (Wildman–Crippen MR) is 198 cm³/mol. The second kappa shape index (κ2) is 15.0. The lowest BCUT2D eigenvalue weighted by atomic mass is 9.74. The van der Waals surface area contributed by atoms with E-state index >= 15 is 9.59 Å². The highest BCUT2D eigenvalue weighted by atomic mass is 79.9. The van der Waals surface area contributed by atoms with Gasteiger partial charge in [-0.1, -0.05) is 112 Å². The van der Waals surface area contributed by atoms with Gasteiger partial charge in [-0.2, -0.15) is 0 Å². The number of carbonyl (C=O) groups excluding carboxylic acids is 4. The van der Waals surface area contributed by atoms with Crippen molar-refractivity contribution in [1.82, 2.24) is 10.2 Å². The Kier molecular flexibility index (Phi) is 10.4. The summed E-state index contributed by atoms with van der Waals surface area (Å²) in [6, 6.07) is 21.1. The van der Waals surface area contributed by atoms with Crippen LogP contribution < -0.4 is 10.2 Å². The number of anilines is 1. The fourth-order valence-electron chi connectivity index (χ4n) is 8.09. The zero-order valence-electron chi connectivity index (χ0n) is 28.5. The molecule has 4 aliphatic heterocycles. The summed E-state index contributed by atoms with van der Waals surface area (Å²) in [5.41, 5.74) is 1.22. The third-order valence-corrected chi connectivity index (χ3v) is 11.4. The normalized spacial score (nSPS) is 29.0. The average Bonchev–Trinajstić information content (AvgIpc) is 3.74. The fourth-order valence-corrected chi connectivity index (χ4v) is 9.15. The molecule has 52 heavy (non-hydrogen) atoms. The number of ether oxygens (including phenoxy) is 2. The van der Waals surface area contributed by atoms with Crippen molar-refractivity contribution in [3.8, 4) is 0 Å². The minimum atomic E-state index is -1.55. The third kappa shape index (κ3) is 6.48. The summed E-state index contributed by atoms with van der Waals surface area (Å²) in [5, 5.41) is 14.3. The van der Waals surface area contributed by atoms with Crippen LogP contribution in [0, 0.1) is 18.8 Å². The van der Waals surface area contributed by atoms with E-state index in [1.807, 2.05) is 73.7 Å². The molecule has 2 N–H and O–H groups in total. The molecular formula is C40H39BrClN3O7. The summed E-state index contributed by atoms with van der Waals surface area (Å²) >= 11 is 10.4. The first kappa shape index (κ1) is 36.1. The fraction of sp³-hybridized carbons (Fsp3) is 0.350. The van der Waals surface area contributed by atoms with Crippen molar-refractivity contribution in [3.63, 3.8) is 0 Å². The molecule has 10 nitrogen and oxygen atoms in total. The van der Waals surface area contributed by atoms with E-state index in [1.54, 1.807) is 30.4 Å². The van der Waals surface area contributed by atoms with Crippen molar-refractivity contribution < 1.29 is 33.8 Å². The van der Waals surface area contributed by atoms with Crippen molar-refractivity contribution in [2.24, 2.45) is 11.8 Å². The monoisotopic (exact) mass is 787 g/mol. The van der Waals surface area contributed by atoms with Crippen molar-refractivity contribution in [1.29, 1.82) is 0 Å². The lowest BCUT2D eigenvalue weighted by Gasteiger charge is -2.39. The minimum Gasteiger partial charge on any atom is -0.463 e. The second-order valence-electron chi connectivity index (χ2n) is 13.6. The van der Waals surface area contributed by atoms with Gasteiger partial charge in [0.05, 0.1) is 41.2 Å². The molecule has 12 heteroatoms. The van der Waals surface area contributed by atoms with Gasteiger partial charge < -0.3 is 29.7 Å². The van der Waals surface area contributed by atoms with Crippen LogP contribution in [-0.2, 0) is 35.1 Å². The summed E-state index contributed by atoms with van der Waals surface area (Å²) in [7, 11) is 0. The van der Waals surface area contributed by atoms with Gasteiger partial charge in [0, 0.05) is 17.4 Å². The molecule has 0 saturated carbocycles. The third-order valence-electron chi connectivity index (χ3n) is 10.4. The van der Waals surface area contributed by atoms with Crippen molar-refractivity contribution in [2.45, 2.75) is 56.0 Å². The number of esters is 1. The largest absolute Gasteiger partial charge is 0.463 e. The van der Waals surface area contributed by atoms with Gasteiger partial charge in [-0.3, -0.25) is 19.2 Å². The Hall–Kier alpha value is -4.29. The summed E-state index contributed by atoms with van der Waals surface area (Å²) in [4.78, 5) is 60.7. The number of rotatable bonds is 6. The molecule has 7 atom stereocenters. The van der Waals surface area contributed by atoms with E-state index in [0.29, 0.717) is 21.6 Å². The number of halogens is 2. The SMILES string of the molecule is Cc1cccc(Cl)c1N1C/C=C\CCC(=O)OC[C@@H](c2ccccc2)NC(=O)[C@@H]2[C@H]3O[C@@]4(C=C3Br)[C@H](C1=O)N([C@@H](CO)Cc1ccccc1)C(=O)[C@@H]24. The minimum absolute atomic E-state index is 0.0640. The highest BCUT2D eigenvalue weighted by molar-refractivity contribution is 9.11. The molecule has 7 rings (SSSR count). The molecule has 0 unspecified atom stereocenters. The molecule has 2 fully saturated rings. The molecule has 4 aliphatic rings. The number of benzene rings is 3. The van der Waals surface area contributed by atoms with Crippen LogP contribution in [-0.4, -0.2) is 77.2 Å². The van der Waals surface area contributed by atoms with Crippen LogP contribution in [0.15, 0.2) is 102 Å². The van der Waals surface area contributed by atoms with E-state index in [1.165, 1.54) is 9.80 Å². The molecule has 4 heterocycles. The number of para-hydroxylation sites is 1. The number of amides is 3. The molecule has 0 radical (unpaired) electrons. The van der Waals surface area contributed by atoms with E-state index in [9.17, 15) is 14.7 Å². The van der Waals surface area contributed by atoms with Gasteiger partial charge >= 0.3 is 5.97 Å². The van der Waals surface area contributed by atoms with Crippen LogP contribution in [0.25, 0.3) is 0 Å². The molecule has 2 saturated heterocycles. The number of aliphatic hydroxyl groups is 1. The lowest BCUT2D eigenvalue weighted by molar-refractivity contribution is -0.146. The number of nitrogens with one attached hydrogen (secondary N) is 1. The second-order valence-corrected chi connectivity index (χ2v) is 14.9. The maximum Gasteiger partial charge on any atom is 0.306 e. The first-order valence-electron chi connectivity index (χ1n) is 17.4. The Bertz CT molecular complexity index is 1900. The van der Waals surface area contributed by atoms with Crippen LogP contribution in [0.3, 0.4) is 0 Å². The molecule has 1 spiro atoms. The van der Waals surface area contributed by atoms with Gasteiger partial charge in [0.2, 0.25) is 11.8 Å². The zero-order chi connectivity index (χ0) is 36.6. The number of carbonyl (C=O) groups is 4. The quantitative estimate of drug-likeness (QED) is 0.260. The Labute approximate surface area is 315 Å². The lowest BCUT2D eigenvalue weighted by Crippen LogP contribution is -2.59. The molecular weight excluding hydrogens is 750 g/mol. The van der Waals surface area contributed by atoms with Crippen LogP contribution in [0.2, 0.25) is 5.02 Å². The molecule has 3 aromatic rings. The highest BCUT2D eigenvalue weighted by Crippen LogP contribution is 2.59. The van der Waals surface area contributed by atoms with Crippen LogP contribution in [0.1, 0.15) is 35.6 Å². The Morgan fingerprint density at radius 2 is 1.71 bits per heavy atom. The first-order chi connectivity index (χ1) is 25.1. The van der Waals surface area contributed by atoms with E-state index < -0.39 is 72.0 Å². The standard InChI is InChI=1S/C40H39BrClN3O7/c1-24-12-11-17-29(42)34(24)44-19-10-4-9-18-31(47)51-23-30(26-15-7-3-8-16-26)43-37(48)32-33-38(49)45(27(22-46)20-25-13-5-2-6-14-25)36(39(44)50)40(33)21-28(41)35(32)52-40/h2-8,10-17,21,27,30,32-33,35-36,46H,9,18-20,22-23H2,1H3,(H,43,48)/b10-4-/t27-,30+,32+,33-,35+,36+,40-/m1/s1. The molecule has 5 bridgehead atoms. The Balaban J connectivity index is 1.38. The van der Waals surface area contributed by atoms with E-state index in [-0.39, 0.29) is 26.0 Å². The van der Waals surface area contributed by atoms with Gasteiger partial charge in [0.15, 0.2) is 0 Å². The summed E-state index contributed by atoms with van der Waals surface area (Å²) < 4.78 is 12.9. The number of allylic oxidation sites excluding steroid dienone is 1. The molecule has 0 aromatic heterocycles. The predicted octanol–water partition coefficient (Wildman–Crippen LogP) is 5.21.